The number of amides is 1. The molecule has 0 radical (unpaired) electrons. The van der Waals surface area contributed by atoms with Crippen molar-refractivity contribution < 1.29 is 19.0 Å². The number of carbonyl (C=O) groups excluding carboxylic acids is 1. The van der Waals surface area contributed by atoms with Crippen molar-refractivity contribution in [3.05, 3.63) is 70.2 Å². The summed E-state index contributed by atoms with van der Waals surface area (Å²) >= 11 is 14.1. The van der Waals surface area contributed by atoms with Crippen molar-refractivity contribution in [2.24, 2.45) is 0 Å². The zero-order valence-electron chi connectivity index (χ0n) is 25.6. The van der Waals surface area contributed by atoms with E-state index in [-0.39, 0.29) is 18.0 Å². The average molecular weight is 665 g/mol. The molecule has 2 fully saturated rings. The van der Waals surface area contributed by atoms with Gasteiger partial charge in [-0.05, 0) is 12.8 Å². The van der Waals surface area contributed by atoms with E-state index < -0.39 is 0 Å². The van der Waals surface area contributed by atoms with Gasteiger partial charge in [0.2, 0.25) is 17.7 Å². The first-order chi connectivity index (χ1) is 22.4. The van der Waals surface area contributed by atoms with Crippen molar-refractivity contribution in [2.45, 2.75) is 44.4 Å². The van der Waals surface area contributed by atoms with Gasteiger partial charge >= 0.3 is 0 Å². The molecule has 1 amide bonds. The van der Waals surface area contributed by atoms with Gasteiger partial charge in [-0.25, -0.2) is 9.97 Å². The van der Waals surface area contributed by atoms with Crippen LogP contribution < -0.4 is 25.4 Å². The number of hydrogen-bond acceptors (Lipinski definition) is 10. The second kappa shape index (κ2) is 14.7. The molecule has 2 aliphatic heterocycles. The molecule has 0 saturated carbocycles. The summed E-state index contributed by atoms with van der Waals surface area (Å²) in [5, 5.41) is 10.7. The zero-order chi connectivity index (χ0) is 32.0. The Balaban J connectivity index is 1.23. The minimum atomic E-state index is 0.0856. The highest BCUT2D eigenvalue weighted by Gasteiger charge is 2.22. The lowest BCUT2D eigenvalue weighted by atomic mass is 9.98. The van der Waals surface area contributed by atoms with E-state index in [1.54, 1.807) is 26.6 Å². The summed E-state index contributed by atoms with van der Waals surface area (Å²) in [6, 6.07) is 11.8. The zero-order valence-corrected chi connectivity index (χ0v) is 27.1. The van der Waals surface area contributed by atoms with Gasteiger partial charge in [0, 0.05) is 67.0 Å². The standard InChI is InChI=1S/C33H35Cl2N7O4/c1-44-32-27(14-36-13-19-9-10-29(43)40-19)38-15-25(41-32)23-7-3-5-21(30(23)34)22-6-4-8-24(31(22)35)26-16-39-28(33(42-26)45-2)17-37-20-11-12-46-18-20/h3-8,15-16,19-20,36-37H,9-14,17-18H2,1-2H3,(H,40,43)/t19-,20+/m0/s1. The van der Waals surface area contributed by atoms with Gasteiger partial charge in [0.05, 0.1) is 54.7 Å². The Bertz CT molecular complexity index is 1720. The lowest BCUT2D eigenvalue weighted by Crippen LogP contribution is -2.35. The molecule has 0 bridgehead atoms. The van der Waals surface area contributed by atoms with Crippen molar-refractivity contribution >= 4 is 29.1 Å². The fourth-order valence-corrected chi connectivity index (χ4v) is 6.28. The quantitative estimate of drug-likeness (QED) is 0.193. The summed E-state index contributed by atoms with van der Waals surface area (Å²) in [6.07, 6.45) is 5.72. The third-order valence-electron chi connectivity index (χ3n) is 8.11. The van der Waals surface area contributed by atoms with Crippen LogP contribution in [0.25, 0.3) is 33.6 Å². The molecule has 2 saturated heterocycles. The van der Waals surface area contributed by atoms with Crippen LogP contribution in [0.5, 0.6) is 11.8 Å². The second-order valence-electron chi connectivity index (χ2n) is 11.1. The maximum absolute atomic E-state index is 11.5. The fraction of sp³-hybridized carbons (Fsp3) is 0.364. The summed E-state index contributed by atoms with van der Waals surface area (Å²) in [4.78, 5) is 30.2. The first kappa shape index (κ1) is 32.1. The molecule has 3 N–H and O–H groups in total. The molecule has 6 rings (SSSR count). The third kappa shape index (κ3) is 7.08. The van der Waals surface area contributed by atoms with Crippen LogP contribution in [-0.2, 0) is 22.6 Å². The number of methoxy groups -OCH3 is 2. The van der Waals surface area contributed by atoms with Crippen LogP contribution in [0, 0.1) is 0 Å². The number of rotatable bonds is 12. The van der Waals surface area contributed by atoms with Gasteiger partial charge in [0.1, 0.15) is 11.4 Å². The Labute approximate surface area is 277 Å². The van der Waals surface area contributed by atoms with Gasteiger partial charge < -0.3 is 30.2 Å². The Morgan fingerprint density at radius 2 is 1.46 bits per heavy atom. The Morgan fingerprint density at radius 1 is 0.870 bits per heavy atom. The summed E-state index contributed by atoms with van der Waals surface area (Å²) < 4.78 is 16.6. The Kier molecular flexibility index (Phi) is 10.3. The number of nitrogens with zero attached hydrogens (tertiary/aromatic N) is 4. The van der Waals surface area contributed by atoms with E-state index in [2.05, 4.69) is 25.9 Å². The molecular weight excluding hydrogens is 629 g/mol. The largest absolute Gasteiger partial charge is 0.480 e. The van der Waals surface area contributed by atoms with Crippen molar-refractivity contribution in [1.82, 2.24) is 35.9 Å². The van der Waals surface area contributed by atoms with Crippen LogP contribution in [0.3, 0.4) is 0 Å². The van der Waals surface area contributed by atoms with Crippen LogP contribution in [0.15, 0.2) is 48.8 Å². The Hall–Kier alpha value is -3.87. The summed E-state index contributed by atoms with van der Waals surface area (Å²) in [5.41, 5.74) is 5.36. The topological polar surface area (TPSA) is 132 Å². The number of hydrogen-bond donors (Lipinski definition) is 3. The third-order valence-corrected chi connectivity index (χ3v) is 8.92. The lowest BCUT2D eigenvalue weighted by molar-refractivity contribution is -0.119. The minimum Gasteiger partial charge on any atom is -0.480 e. The van der Waals surface area contributed by atoms with Crippen molar-refractivity contribution in [3.8, 4) is 45.4 Å². The van der Waals surface area contributed by atoms with Crippen LogP contribution >= 0.6 is 23.2 Å². The maximum atomic E-state index is 11.5. The number of benzene rings is 2. The lowest BCUT2D eigenvalue weighted by Gasteiger charge is -2.16. The summed E-state index contributed by atoms with van der Waals surface area (Å²) in [6.45, 7) is 3.05. The number of nitrogens with one attached hydrogen (secondary N) is 3. The van der Waals surface area contributed by atoms with E-state index >= 15 is 0 Å². The van der Waals surface area contributed by atoms with Gasteiger partial charge in [0.25, 0.3) is 0 Å². The van der Waals surface area contributed by atoms with E-state index in [9.17, 15) is 4.79 Å². The average Bonchev–Trinajstić information content (AvgIpc) is 3.76. The summed E-state index contributed by atoms with van der Waals surface area (Å²) in [7, 11) is 3.14. The van der Waals surface area contributed by atoms with E-state index in [4.69, 9.17) is 47.4 Å². The van der Waals surface area contributed by atoms with E-state index in [1.807, 2.05) is 36.4 Å². The monoisotopic (exact) mass is 663 g/mol. The van der Waals surface area contributed by atoms with Gasteiger partial charge in [-0.2, -0.15) is 0 Å². The normalized spacial score (nSPS) is 17.7. The van der Waals surface area contributed by atoms with Crippen LogP contribution in [0.2, 0.25) is 10.0 Å². The molecule has 0 spiro atoms. The van der Waals surface area contributed by atoms with Gasteiger partial charge in [-0.3, -0.25) is 14.8 Å². The van der Waals surface area contributed by atoms with Crippen LogP contribution in [0.1, 0.15) is 30.7 Å². The SMILES string of the molecule is COc1nc(-c2cccc(-c3cccc(-c4cnc(CN[C@@H]5CCOC5)c(OC)n4)c3Cl)c2Cl)cnc1CNC[C@@H]1CCC(=O)N1. The number of ether oxygens (including phenoxy) is 3. The first-order valence-electron chi connectivity index (χ1n) is 15.1. The van der Waals surface area contributed by atoms with Crippen LogP contribution in [0.4, 0.5) is 0 Å². The molecule has 46 heavy (non-hydrogen) atoms. The highest BCUT2D eigenvalue weighted by atomic mass is 35.5. The first-order valence-corrected chi connectivity index (χ1v) is 15.9. The molecule has 2 aromatic carbocycles. The number of carbonyl (C=O) groups is 1. The van der Waals surface area contributed by atoms with E-state index in [1.165, 1.54) is 0 Å². The molecule has 2 aliphatic rings. The smallest absolute Gasteiger partial charge is 0.237 e. The summed E-state index contributed by atoms with van der Waals surface area (Å²) in [5.74, 6) is 0.911. The predicted molar refractivity (Wildman–Crippen MR) is 176 cm³/mol. The molecule has 11 nitrogen and oxygen atoms in total. The van der Waals surface area contributed by atoms with Gasteiger partial charge in [-0.15, -0.1) is 0 Å². The van der Waals surface area contributed by atoms with Crippen LogP contribution in [-0.4, -0.2) is 71.9 Å². The number of halogens is 2. The van der Waals surface area contributed by atoms with E-state index in [0.29, 0.717) is 88.4 Å². The van der Waals surface area contributed by atoms with Crippen molar-refractivity contribution in [3.63, 3.8) is 0 Å². The molecule has 0 unspecified atom stereocenters. The molecule has 4 heterocycles. The second-order valence-corrected chi connectivity index (χ2v) is 11.9. The maximum Gasteiger partial charge on any atom is 0.237 e. The van der Waals surface area contributed by atoms with Crippen molar-refractivity contribution in [2.75, 3.05) is 34.0 Å². The highest BCUT2D eigenvalue weighted by molar-refractivity contribution is 6.39. The Morgan fingerprint density at radius 3 is 1.98 bits per heavy atom. The molecular formula is C33H35Cl2N7O4. The van der Waals surface area contributed by atoms with Gasteiger partial charge in [0.15, 0.2) is 0 Å². The molecule has 240 valence electrons. The predicted octanol–water partition coefficient (Wildman–Crippen LogP) is 4.84. The van der Waals surface area contributed by atoms with Gasteiger partial charge in [-0.1, -0.05) is 59.6 Å². The van der Waals surface area contributed by atoms with Crippen molar-refractivity contribution in [1.29, 1.82) is 0 Å². The molecule has 0 aliphatic carbocycles. The molecule has 2 atom stereocenters. The highest BCUT2D eigenvalue weighted by Crippen LogP contribution is 2.42. The molecule has 2 aromatic heterocycles. The number of aromatic nitrogens is 4. The molecule has 13 heteroatoms. The fourth-order valence-electron chi connectivity index (χ4n) is 5.63. The van der Waals surface area contributed by atoms with E-state index in [0.717, 1.165) is 30.6 Å². The minimum absolute atomic E-state index is 0.0856. The molecule has 4 aromatic rings.